The molecule has 2 N–H and O–H groups in total. The molecule has 1 unspecified atom stereocenters. The van der Waals surface area contributed by atoms with Crippen LogP contribution in [0.4, 0.5) is 4.39 Å². The Hall–Kier alpha value is -1.13. The van der Waals surface area contributed by atoms with Crippen LogP contribution in [0.15, 0.2) is 18.2 Å². The van der Waals surface area contributed by atoms with Crippen molar-refractivity contribution in [2.45, 2.75) is 32.9 Å². The van der Waals surface area contributed by atoms with E-state index >= 15 is 0 Å². The second kappa shape index (κ2) is 6.57. The number of hydrogen-bond donors (Lipinski definition) is 2. The summed E-state index contributed by atoms with van der Waals surface area (Å²) >= 11 is 0. The van der Waals surface area contributed by atoms with Gasteiger partial charge in [-0.3, -0.25) is 0 Å². The lowest BCUT2D eigenvalue weighted by Crippen LogP contribution is -2.30. The van der Waals surface area contributed by atoms with Crippen molar-refractivity contribution in [1.82, 2.24) is 5.32 Å². The van der Waals surface area contributed by atoms with E-state index in [9.17, 15) is 9.50 Å². The molecule has 0 spiro atoms. The van der Waals surface area contributed by atoms with Crippen molar-refractivity contribution in [3.8, 4) is 5.75 Å². The highest BCUT2D eigenvalue weighted by Gasteiger charge is 2.13. The van der Waals surface area contributed by atoms with Crippen LogP contribution in [0.25, 0.3) is 0 Å². The lowest BCUT2D eigenvalue weighted by atomic mass is 10.1. The Morgan fingerprint density at radius 3 is 2.59 bits per heavy atom. The van der Waals surface area contributed by atoms with Crippen LogP contribution in [0.1, 0.15) is 32.4 Å². The Bertz CT molecular complexity index is 355. The van der Waals surface area contributed by atoms with Gasteiger partial charge in [0.05, 0.1) is 19.3 Å². The molecule has 1 aromatic rings. The van der Waals surface area contributed by atoms with E-state index in [1.165, 1.54) is 6.07 Å². The maximum absolute atomic E-state index is 13.6. The number of rotatable bonds is 6. The quantitative estimate of drug-likeness (QED) is 0.802. The van der Waals surface area contributed by atoms with Crippen LogP contribution in [0.3, 0.4) is 0 Å². The van der Waals surface area contributed by atoms with Crippen molar-refractivity contribution >= 4 is 0 Å². The lowest BCUT2D eigenvalue weighted by Gasteiger charge is -2.20. The summed E-state index contributed by atoms with van der Waals surface area (Å²) in [5, 5.41) is 12.4. The van der Waals surface area contributed by atoms with Gasteiger partial charge in [-0.1, -0.05) is 19.9 Å². The topological polar surface area (TPSA) is 41.5 Å². The molecule has 0 amide bonds. The van der Waals surface area contributed by atoms with Crippen LogP contribution in [0.2, 0.25) is 0 Å². The molecule has 17 heavy (non-hydrogen) atoms. The van der Waals surface area contributed by atoms with Crippen molar-refractivity contribution in [1.29, 1.82) is 0 Å². The number of aliphatic hydroxyl groups excluding tert-OH is 1. The second-order valence-corrected chi connectivity index (χ2v) is 4.18. The summed E-state index contributed by atoms with van der Waals surface area (Å²) in [7, 11) is 0. The number of benzene rings is 1. The van der Waals surface area contributed by atoms with Crippen molar-refractivity contribution in [3.05, 3.63) is 29.6 Å². The monoisotopic (exact) mass is 241 g/mol. The molecule has 0 bridgehead atoms. The molecule has 1 atom stereocenters. The van der Waals surface area contributed by atoms with Gasteiger partial charge in [-0.15, -0.1) is 0 Å². The molecule has 0 saturated carbocycles. The fraction of sp³-hybridized carbons (Fsp3) is 0.538. The molecule has 0 fully saturated rings. The molecule has 0 aliphatic heterocycles. The minimum Gasteiger partial charge on any atom is -0.491 e. The largest absolute Gasteiger partial charge is 0.491 e. The summed E-state index contributed by atoms with van der Waals surface area (Å²) in [6.45, 7) is 6.14. The minimum atomic E-state index is -0.395. The summed E-state index contributed by atoms with van der Waals surface area (Å²) in [5.41, 5.74) is 0.724. The van der Waals surface area contributed by atoms with E-state index in [1.54, 1.807) is 12.1 Å². The van der Waals surface area contributed by atoms with E-state index in [-0.39, 0.29) is 24.4 Å². The van der Waals surface area contributed by atoms with Crippen LogP contribution in [0, 0.1) is 5.82 Å². The first-order valence-corrected chi connectivity index (χ1v) is 5.87. The Morgan fingerprint density at radius 2 is 2.12 bits per heavy atom. The van der Waals surface area contributed by atoms with Gasteiger partial charge in [0.25, 0.3) is 0 Å². The van der Waals surface area contributed by atoms with Gasteiger partial charge in [0.1, 0.15) is 0 Å². The third-order valence-electron chi connectivity index (χ3n) is 2.38. The molecule has 0 heterocycles. The molecular formula is C13H20FNO2. The lowest BCUT2D eigenvalue weighted by molar-refractivity contribution is 0.236. The fourth-order valence-corrected chi connectivity index (χ4v) is 1.66. The zero-order valence-electron chi connectivity index (χ0n) is 10.5. The smallest absolute Gasteiger partial charge is 0.165 e. The van der Waals surface area contributed by atoms with Gasteiger partial charge in [-0.25, -0.2) is 4.39 Å². The molecule has 3 nitrogen and oxygen atoms in total. The Kier molecular flexibility index (Phi) is 5.38. The van der Waals surface area contributed by atoms with Gasteiger partial charge in [-0.05, 0) is 24.6 Å². The van der Waals surface area contributed by atoms with E-state index in [0.29, 0.717) is 6.61 Å². The fourth-order valence-electron chi connectivity index (χ4n) is 1.66. The van der Waals surface area contributed by atoms with Gasteiger partial charge in [0, 0.05) is 6.04 Å². The number of aliphatic hydroxyl groups is 1. The molecule has 0 aromatic heterocycles. The van der Waals surface area contributed by atoms with Crippen LogP contribution in [0.5, 0.6) is 5.75 Å². The van der Waals surface area contributed by atoms with Gasteiger partial charge < -0.3 is 15.2 Å². The maximum atomic E-state index is 13.6. The number of ether oxygens (including phenoxy) is 1. The second-order valence-electron chi connectivity index (χ2n) is 4.18. The first-order valence-electron chi connectivity index (χ1n) is 5.87. The first kappa shape index (κ1) is 13.9. The molecule has 0 radical (unpaired) electrons. The van der Waals surface area contributed by atoms with E-state index in [1.807, 2.05) is 20.8 Å². The van der Waals surface area contributed by atoms with E-state index in [4.69, 9.17) is 4.74 Å². The van der Waals surface area contributed by atoms with E-state index in [0.717, 1.165) is 5.56 Å². The van der Waals surface area contributed by atoms with Crippen molar-refractivity contribution < 1.29 is 14.2 Å². The van der Waals surface area contributed by atoms with E-state index in [2.05, 4.69) is 5.32 Å². The van der Waals surface area contributed by atoms with Crippen LogP contribution < -0.4 is 10.1 Å². The van der Waals surface area contributed by atoms with Crippen LogP contribution in [-0.2, 0) is 0 Å². The maximum Gasteiger partial charge on any atom is 0.165 e. The minimum absolute atomic E-state index is 0.0639. The molecular weight excluding hydrogens is 221 g/mol. The van der Waals surface area contributed by atoms with Crippen molar-refractivity contribution in [3.63, 3.8) is 0 Å². The number of hydrogen-bond acceptors (Lipinski definition) is 3. The van der Waals surface area contributed by atoms with Crippen molar-refractivity contribution in [2.75, 3.05) is 13.2 Å². The molecule has 96 valence electrons. The summed E-state index contributed by atoms with van der Waals surface area (Å²) in [6, 6.07) is 4.74. The van der Waals surface area contributed by atoms with Gasteiger partial charge in [-0.2, -0.15) is 0 Å². The molecule has 1 rings (SSSR count). The average molecular weight is 241 g/mol. The Balaban J connectivity index is 2.86. The van der Waals surface area contributed by atoms with Gasteiger partial charge in [0.2, 0.25) is 0 Å². The van der Waals surface area contributed by atoms with Crippen LogP contribution >= 0.6 is 0 Å². The summed E-state index contributed by atoms with van der Waals surface area (Å²) in [6.07, 6.45) is 0. The number of nitrogens with one attached hydrogen (secondary N) is 1. The third kappa shape index (κ3) is 3.98. The SMILES string of the molecule is CCOc1ccc(C(CO)NC(C)C)cc1F. The third-order valence-corrected chi connectivity index (χ3v) is 2.38. The van der Waals surface area contributed by atoms with E-state index < -0.39 is 5.82 Å². The standard InChI is InChI=1S/C13H20FNO2/c1-4-17-13-6-5-10(7-11(13)14)12(8-16)15-9(2)3/h5-7,9,12,15-16H,4,8H2,1-3H3. The Morgan fingerprint density at radius 1 is 1.41 bits per heavy atom. The first-order chi connectivity index (χ1) is 8.08. The summed E-state index contributed by atoms with van der Waals surface area (Å²) in [4.78, 5) is 0. The number of halogens is 1. The summed E-state index contributed by atoms with van der Waals surface area (Å²) < 4.78 is 18.8. The summed E-state index contributed by atoms with van der Waals surface area (Å²) in [5.74, 6) is -0.147. The predicted molar refractivity (Wildman–Crippen MR) is 65.7 cm³/mol. The molecule has 4 heteroatoms. The van der Waals surface area contributed by atoms with Gasteiger partial charge >= 0.3 is 0 Å². The molecule has 0 aliphatic carbocycles. The highest BCUT2D eigenvalue weighted by molar-refractivity contribution is 5.31. The highest BCUT2D eigenvalue weighted by Crippen LogP contribution is 2.22. The van der Waals surface area contributed by atoms with Crippen LogP contribution in [-0.4, -0.2) is 24.4 Å². The molecule has 1 aromatic carbocycles. The normalized spacial score (nSPS) is 12.8. The molecule has 0 saturated heterocycles. The predicted octanol–water partition coefficient (Wildman–Crippen LogP) is 2.26. The Labute approximate surface area is 102 Å². The zero-order chi connectivity index (χ0) is 12.8. The van der Waals surface area contributed by atoms with Gasteiger partial charge in [0.15, 0.2) is 11.6 Å². The zero-order valence-corrected chi connectivity index (χ0v) is 10.5. The average Bonchev–Trinajstić information content (AvgIpc) is 2.28. The highest BCUT2D eigenvalue weighted by atomic mass is 19.1. The van der Waals surface area contributed by atoms with Crippen molar-refractivity contribution in [2.24, 2.45) is 0 Å². The molecule has 0 aliphatic rings.